The average molecular weight is 250 g/mol. The van der Waals surface area contributed by atoms with Crippen LogP contribution >= 0.6 is 0 Å². The Labute approximate surface area is 110 Å². The van der Waals surface area contributed by atoms with E-state index in [1.807, 2.05) is 0 Å². The molecule has 3 fully saturated rings. The van der Waals surface area contributed by atoms with Crippen LogP contribution in [-0.2, 0) is 4.79 Å². The van der Waals surface area contributed by atoms with Crippen LogP contribution in [0.5, 0.6) is 0 Å². The molecule has 0 radical (unpaired) electrons. The van der Waals surface area contributed by atoms with Crippen molar-refractivity contribution in [1.29, 1.82) is 0 Å². The average Bonchev–Trinajstić information content (AvgIpc) is 3.03. The summed E-state index contributed by atoms with van der Waals surface area (Å²) in [5, 5.41) is 3.48. The van der Waals surface area contributed by atoms with Gasteiger partial charge in [0, 0.05) is 32.1 Å². The maximum absolute atomic E-state index is 12.5. The molecule has 1 amide bonds. The van der Waals surface area contributed by atoms with E-state index < -0.39 is 0 Å². The van der Waals surface area contributed by atoms with Gasteiger partial charge in [0.15, 0.2) is 0 Å². The van der Waals surface area contributed by atoms with Gasteiger partial charge in [-0.3, -0.25) is 4.79 Å². The third-order valence-corrected chi connectivity index (χ3v) is 5.39. The molecule has 0 aromatic rings. The van der Waals surface area contributed by atoms with Crippen LogP contribution in [0.2, 0.25) is 0 Å². The first kappa shape index (κ1) is 12.5. The highest BCUT2D eigenvalue weighted by Crippen LogP contribution is 2.36. The molecule has 2 aliphatic heterocycles. The van der Waals surface area contributed by atoms with Crippen molar-refractivity contribution in [1.82, 2.24) is 10.2 Å². The predicted molar refractivity (Wildman–Crippen MR) is 72.2 cm³/mol. The van der Waals surface area contributed by atoms with Crippen molar-refractivity contribution in [3.63, 3.8) is 0 Å². The number of carbonyl (C=O) groups is 1. The number of carbonyl (C=O) groups excluding carboxylic acids is 1. The molecule has 2 heterocycles. The SMILES string of the molecule is CCC1C2CNCC2CN1C(=O)CC1CCCC1. The number of hydrogen-bond donors (Lipinski definition) is 1. The lowest BCUT2D eigenvalue weighted by Gasteiger charge is -2.28. The summed E-state index contributed by atoms with van der Waals surface area (Å²) in [6.07, 6.45) is 7.19. The number of fused-ring (bicyclic) bond motifs is 1. The minimum atomic E-state index is 0.447. The molecular weight excluding hydrogens is 224 g/mol. The minimum absolute atomic E-state index is 0.447. The number of nitrogens with one attached hydrogen (secondary N) is 1. The molecule has 3 rings (SSSR count). The molecule has 102 valence electrons. The summed E-state index contributed by atoms with van der Waals surface area (Å²) in [6, 6.07) is 0.513. The van der Waals surface area contributed by atoms with Crippen LogP contribution in [0.25, 0.3) is 0 Å². The monoisotopic (exact) mass is 250 g/mol. The topological polar surface area (TPSA) is 32.3 Å². The van der Waals surface area contributed by atoms with Gasteiger partial charge in [-0.05, 0) is 37.0 Å². The highest BCUT2D eigenvalue weighted by molar-refractivity contribution is 5.77. The van der Waals surface area contributed by atoms with Crippen molar-refractivity contribution >= 4 is 5.91 Å². The van der Waals surface area contributed by atoms with Gasteiger partial charge < -0.3 is 10.2 Å². The van der Waals surface area contributed by atoms with Gasteiger partial charge in [-0.1, -0.05) is 19.8 Å². The predicted octanol–water partition coefficient (Wildman–Crippen LogP) is 2.02. The standard InChI is InChI=1S/C15H26N2O/c1-2-14-13-9-16-8-12(13)10-17(14)15(18)7-11-5-3-4-6-11/h11-14,16H,2-10H2,1H3. The van der Waals surface area contributed by atoms with Crippen LogP contribution in [0.4, 0.5) is 0 Å². The number of amides is 1. The van der Waals surface area contributed by atoms with Crippen molar-refractivity contribution in [2.75, 3.05) is 19.6 Å². The van der Waals surface area contributed by atoms with E-state index >= 15 is 0 Å². The van der Waals surface area contributed by atoms with Gasteiger partial charge in [0.2, 0.25) is 5.91 Å². The third-order valence-electron chi connectivity index (χ3n) is 5.39. The number of nitrogens with zero attached hydrogens (tertiary/aromatic N) is 1. The Morgan fingerprint density at radius 3 is 2.78 bits per heavy atom. The van der Waals surface area contributed by atoms with Gasteiger partial charge in [0.25, 0.3) is 0 Å². The zero-order chi connectivity index (χ0) is 12.5. The zero-order valence-corrected chi connectivity index (χ0v) is 11.5. The summed E-state index contributed by atoms with van der Waals surface area (Å²) < 4.78 is 0. The Hall–Kier alpha value is -0.570. The second kappa shape index (κ2) is 5.20. The summed E-state index contributed by atoms with van der Waals surface area (Å²) in [6.45, 7) is 5.49. The van der Waals surface area contributed by atoms with Crippen LogP contribution in [0, 0.1) is 17.8 Å². The number of likely N-dealkylation sites (tertiary alicyclic amines) is 1. The van der Waals surface area contributed by atoms with Crippen molar-refractivity contribution in [3.05, 3.63) is 0 Å². The summed E-state index contributed by atoms with van der Waals surface area (Å²) in [5.74, 6) is 2.58. The normalized spacial score (nSPS) is 36.3. The molecule has 0 bridgehead atoms. The van der Waals surface area contributed by atoms with Crippen LogP contribution in [0.15, 0.2) is 0 Å². The number of hydrogen-bond acceptors (Lipinski definition) is 2. The third kappa shape index (κ3) is 2.18. The summed E-state index contributed by atoms with van der Waals surface area (Å²) in [4.78, 5) is 14.7. The van der Waals surface area contributed by atoms with Crippen LogP contribution in [-0.4, -0.2) is 36.5 Å². The molecule has 18 heavy (non-hydrogen) atoms. The van der Waals surface area contributed by atoms with Gasteiger partial charge in [-0.2, -0.15) is 0 Å². The molecular formula is C15H26N2O. The molecule has 0 aromatic heterocycles. The zero-order valence-electron chi connectivity index (χ0n) is 11.5. The molecule has 3 aliphatic rings. The van der Waals surface area contributed by atoms with E-state index in [0.717, 1.165) is 44.3 Å². The molecule has 3 unspecified atom stereocenters. The van der Waals surface area contributed by atoms with Crippen molar-refractivity contribution in [2.24, 2.45) is 17.8 Å². The largest absolute Gasteiger partial charge is 0.339 e. The fourth-order valence-corrected chi connectivity index (χ4v) is 4.41. The lowest BCUT2D eigenvalue weighted by molar-refractivity contribution is -0.133. The number of rotatable bonds is 3. The molecule has 0 aromatic carbocycles. The van der Waals surface area contributed by atoms with Gasteiger partial charge in [-0.15, -0.1) is 0 Å². The van der Waals surface area contributed by atoms with Crippen molar-refractivity contribution in [2.45, 2.75) is 51.5 Å². The maximum Gasteiger partial charge on any atom is 0.223 e. The van der Waals surface area contributed by atoms with E-state index in [-0.39, 0.29) is 0 Å². The molecule has 0 spiro atoms. The summed E-state index contributed by atoms with van der Waals surface area (Å²) >= 11 is 0. The van der Waals surface area contributed by atoms with Gasteiger partial charge in [0.05, 0.1) is 0 Å². The van der Waals surface area contributed by atoms with E-state index in [4.69, 9.17) is 0 Å². The van der Waals surface area contributed by atoms with E-state index in [1.54, 1.807) is 0 Å². The molecule has 3 atom stereocenters. The van der Waals surface area contributed by atoms with Crippen LogP contribution in [0.1, 0.15) is 45.4 Å². The van der Waals surface area contributed by atoms with E-state index in [0.29, 0.717) is 17.9 Å². The lowest BCUT2D eigenvalue weighted by atomic mass is 9.92. The van der Waals surface area contributed by atoms with Crippen LogP contribution in [0.3, 0.4) is 0 Å². The summed E-state index contributed by atoms with van der Waals surface area (Å²) in [5.41, 5.74) is 0. The smallest absolute Gasteiger partial charge is 0.223 e. The molecule has 1 N–H and O–H groups in total. The quantitative estimate of drug-likeness (QED) is 0.831. The second-order valence-electron chi connectivity index (χ2n) is 6.46. The molecule has 3 heteroatoms. The Morgan fingerprint density at radius 1 is 1.28 bits per heavy atom. The van der Waals surface area contributed by atoms with Crippen molar-refractivity contribution in [3.8, 4) is 0 Å². The van der Waals surface area contributed by atoms with Crippen LogP contribution < -0.4 is 5.32 Å². The Bertz CT molecular complexity index is 312. The molecule has 1 saturated carbocycles. The summed E-state index contributed by atoms with van der Waals surface area (Å²) in [7, 11) is 0. The second-order valence-corrected chi connectivity index (χ2v) is 6.46. The van der Waals surface area contributed by atoms with Gasteiger partial charge in [-0.25, -0.2) is 0 Å². The van der Waals surface area contributed by atoms with Gasteiger partial charge >= 0.3 is 0 Å². The molecule has 2 saturated heterocycles. The minimum Gasteiger partial charge on any atom is -0.339 e. The highest BCUT2D eigenvalue weighted by Gasteiger charge is 2.45. The van der Waals surface area contributed by atoms with E-state index in [9.17, 15) is 4.79 Å². The first-order valence-electron chi connectivity index (χ1n) is 7.79. The first-order valence-corrected chi connectivity index (χ1v) is 7.79. The fraction of sp³-hybridized carbons (Fsp3) is 0.933. The molecule has 3 nitrogen and oxygen atoms in total. The Balaban J connectivity index is 1.62. The maximum atomic E-state index is 12.5. The Morgan fingerprint density at radius 2 is 2.06 bits per heavy atom. The van der Waals surface area contributed by atoms with E-state index in [2.05, 4.69) is 17.1 Å². The first-order chi connectivity index (χ1) is 8.79. The van der Waals surface area contributed by atoms with Crippen molar-refractivity contribution < 1.29 is 4.79 Å². The van der Waals surface area contributed by atoms with Gasteiger partial charge in [0.1, 0.15) is 0 Å². The fourth-order valence-electron chi connectivity index (χ4n) is 4.41. The molecule has 1 aliphatic carbocycles. The highest BCUT2D eigenvalue weighted by atomic mass is 16.2. The Kier molecular flexibility index (Phi) is 3.60. The van der Waals surface area contributed by atoms with E-state index in [1.165, 1.54) is 25.7 Å². The lowest BCUT2D eigenvalue weighted by Crippen LogP contribution is -2.40.